The number of nitrogens with one attached hydrogen (secondary N) is 4. The maximum atomic E-state index is 12.3. The van der Waals surface area contributed by atoms with Gasteiger partial charge in [0.25, 0.3) is 0 Å². The zero-order valence-electron chi connectivity index (χ0n) is 15.2. The minimum atomic E-state index is -1.33. The standard InChI is InChI=1S/C15H25N7O6/c16-15(17)20-3-1-2-8-13(27)18-4-5-19-14(28)9(6-12(25)26)22-11(24)7-10(23)21-8/h8-9H,1-7H2,(H,18,27)(H,19,28)(H,21,23)(H,22,24)(H,25,26)(H4,16,17,20)/t8-,9-/m0/s1. The third-order valence-corrected chi connectivity index (χ3v) is 3.67. The largest absolute Gasteiger partial charge is 0.481 e. The zero-order valence-corrected chi connectivity index (χ0v) is 15.2. The van der Waals surface area contributed by atoms with Gasteiger partial charge in [-0.1, -0.05) is 0 Å². The third-order valence-electron chi connectivity index (χ3n) is 3.67. The molecule has 0 saturated carbocycles. The summed E-state index contributed by atoms with van der Waals surface area (Å²) in [5, 5.41) is 18.5. The molecular weight excluding hydrogens is 374 g/mol. The summed E-state index contributed by atoms with van der Waals surface area (Å²) < 4.78 is 0. The summed E-state index contributed by atoms with van der Waals surface area (Å²) in [6.07, 6.45) is -0.677. The molecule has 0 unspecified atom stereocenters. The van der Waals surface area contributed by atoms with Crippen LogP contribution in [-0.2, 0) is 24.0 Å². The van der Waals surface area contributed by atoms with Gasteiger partial charge < -0.3 is 37.8 Å². The highest BCUT2D eigenvalue weighted by molar-refractivity contribution is 6.00. The molecule has 13 heteroatoms. The first kappa shape index (κ1) is 22.7. The van der Waals surface area contributed by atoms with Gasteiger partial charge in [0.15, 0.2) is 5.96 Å². The lowest BCUT2D eigenvalue weighted by Crippen LogP contribution is -2.49. The molecule has 9 N–H and O–H groups in total. The Morgan fingerprint density at radius 2 is 1.54 bits per heavy atom. The van der Waals surface area contributed by atoms with Crippen molar-refractivity contribution in [2.75, 3.05) is 19.6 Å². The molecule has 0 radical (unpaired) electrons. The molecule has 13 nitrogen and oxygen atoms in total. The molecule has 0 aromatic heterocycles. The number of carbonyl (C=O) groups is 5. The molecule has 0 bridgehead atoms. The van der Waals surface area contributed by atoms with Gasteiger partial charge in [0.1, 0.15) is 18.5 Å². The van der Waals surface area contributed by atoms with Crippen LogP contribution in [0.3, 0.4) is 0 Å². The minimum Gasteiger partial charge on any atom is -0.481 e. The highest BCUT2D eigenvalue weighted by atomic mass is 16.4. The first-order valence-electron chi connectivity index (χ1n) is 8.60. The number of carboxylic acids is 1. The highest BCUT2D eigenvalue weighted by Crippen LogP contribution is 2.01. The van der Waals surface area contributed by atoms with Gasteiger partial charge in [0, 0.05) is 19.6 Å². The van der Waals surface area contributed by atoms with E-state index in [2.05, 4.69) is 26.3 Å². The third kappa shape index (κ3) is 8.82. The van der Waals surface area contributed by atoms with Crippen LogP contribution in [-0.4, -0.2) is 72.4 Å². The van der Waals surface area contributed by atoms with E-state index in [-0.39, 0.29) is 32.0 Å². The number of aliphatic carboxylic acids is 1. The number of nitrogens with zero attached hydrogens (tertiary/aromatic N) is 1. The number of hydrogen-bond acceptors (Lipinski definition) is 6. The molecular formula is C15H25N7O6. The minimum absolute atomic E-state index is 0.0191. The van der Waals surface area contributed by atoms with Crippen molar-refractivity contribution in [3.05, 3.63) is 0 Å². The summed E-state index contributed by atoms with van der Waals surface area (Å²) >= 11 is 0. The number of hydrogen-bond donors (Lipinski definition) is 7. The molecule has 1 rings (SSSR count). The summed E-state index contributed by atoms with van der Waals surface area (Å²) in [4.78, 5) is 63.0. The van der Waals surface area contributed by atoms with Crippen molar-refractivity contribution in [1.82, 2.24) is 21.3 Å². The van der Waals surface area contributed by atoms with Gasteiger partial charge in [0.05, 0.1) is 6.42 Å². The molecule has 4 amide bonds. The molecule has 0 spiro atoms. The van der Waals surface area contributed by atoms with Gasteiger partial charge in [-0.2, -0.15) is 0 Å². The smallest absolute Gasteiger partial charge is 0.305 e. The van der Waals surface area contributed by atoms with Crippen LogP contribution in [0.1, 0.15) is 25.7 Å². The van der Waals surface area contributed by atoms with Crippen LogP contribution in [0.25, 0.3) is 0 Å². The Morgan fingerprint density at radius 3 is 2.07 bits per heavy atom. The fraction of sp³-hybridized carbons (Fsp3) is 0.600. The Bertz CT molecular complexity index is 647. The lowest BCUT2D eigenvalue weighted by molar-refractivity contribution is -0.140. The lowest BCUT2D eigenvalue weighted by atomic mass is 10.1. The summed E-state index contributed by atoms with van der Waals surface area (Å²) in [6, 6.07) is -2.24. The topological polar surface area (TPSA) is 218 Å². The molecule has 1 aliphatic heterocycles. The molecule has 0 aromatic carbocycles. The molecule has 1 fully saturated rings. The Hall–Kier alpha value is -3.38. The maximum absolute atomic E-state index is 12.3. The maximum Gasteiger partial charge on any atom is 0.305 e. The second-order valence-corrected chi connectivity index (χ2v) is 6.05. The van der Waals surface area contributed by atoms with E-state index in [1.165, 1.54) is 0 Å². The van der Waals surface area contributed by atoms with Gasteiger partial charge in [-0.05, 0) is 12.8 Å². The van der Waals surface area contributed by atoms with Crippen molar-refractivity contribution < 1.29 is 29.1 Å². The Labute approximate surface area is 160 Å². The molecule has 28 heavy (non-hydrogen) atoms. The molecule has 1 heterocycles. The van der Waals surface area contributed by atoms with Crippen molar-refractivity contribution in [1.29, 1.82) is 0 Å². The Balaban J connectivity index is 2.81. The van der Waals surface area contributed by atoms with Crippen LogP contribution in [0.4, 0.5) is 0 Å². The fourth-order valence-electron chi connectivity index (χ4n) is 2.41. The predicted molar refractivity (Wildman–Crippen MR) is 96.7 cm³/mol. The first-order valence-corrected chi connectivity index (χ1v) is 8.60. The summed E-state index contributed by atoms with van der Waals surface area (Å²) in [5.74, 6) is -4.17. The molecule has 2 atom stereocenters. The van der Waals surface area contributed by atoms with Crippen molar-refractivity contribution in [3.8, 4) is 0 Å². The number of carbonyl (C=O) groups excluding carboxylic acids is 4. The highest BCUT2D eigenvalue weighted by Gasteiger charge is 2.27. The number of rotatable bonds is 6. The number of guanidine groups is 1. The molecule has 0 aliphatic carbocycles. The molecule has 156 valence electrons. The van der Waals surface area contributed by atoms with E-state index in [1.54, 1.807) is 0 Å². The molecule has 0 aromatic rings. The van der Waals surface area contributed by atoms with E-state index in [4.69, 9.17) is 16.6 Å². The van der Waals surface area contributed by atoms with E-state index in [1.807, 2.05) is 0 Å². The summed E-state index contributed by atoms with van der Waals surface area (Å²) in [7, 11) is 0. The second kappa shape index (κ2) is 11.4. The number of amides is 4. The van der Waals surface area contributed by atoms with Crippen LogP contribution in [0.5, 0.6) is 0 Å². The lowest BCUT2D eigenvalue weighted by Gasteiger charge is -2.18. The van der Waals surface area contributed by atoms with Gasteiger partial charge in [0.2, 0.25) is 23.6 Å². The zero-order chi connectivity index (χ0) is 21.1. The van der Waals surface area contributed by atoms with Crippen LogP contribution in [0, 0.1) is 0 Å². The fourth-order valence-corrected chi connectivity index (χ4v) is 2.41. The summed E-state index contributed by atoms with van der Waals surface area (Å²) in [5.41, 5.74) is 10.4. The van der Waals surface area contributed by atoms with Crippen molar-refractivity contribution in [3.63, 3.8) is 0 Å². The first-order chi connectivity index (χ1) is 13.2. The van der Waals surface area contributed by atoms with E-state index >= 15 is 0 Å². The van der Waals surface area contributed by atoms with E-state index < -0.39 is 54.5 Å². The number of nitrogens with two attached hydrogens (primary N) is 2. The monoisotopic (exact) mass is 399 g/mol. The van der Waals surface area contributed by atoms with E-state index in [9.17, 15) is 24.0 Å². The SMILES string of the molecule is NC(N)=NCCC[C@@H]1NC(=O)CC(=O)N[C@@H](CC(=O)O)C(=O)NCCNC1=O. The Morgan fingerprint density at radius 1 is 1.00 bits per heavy atom. The van der Waals surface area contributed by atoms with Crippen molar-refractivity contribution in [2.45, 2.75) is 37.8 Å². The molecule has 1 aliphatic rings. The van der Waals surface area contributed by atoms with Crippen LogP contribution in [0.2, 0.25) is 0 Å². The van der Waals surface area contributed by atoms with Crippen molar-refractivity contribution in [2.24, 2.45) is 16.5 Å². The average molecular weight is 399 g/mol. The van der Waals surface area contributed by atoms with Crippen LogP contribution in [0.15, 0.2) is 4.99 Å². The normalized spacial score (nSPS) is 21.6. The van der Waals surface area contributed by atoms with Gasteiger partial charge in [-0.3, -0.25) is 29.0 Å². The second-order valence-electron chi connectivity index (χ2n) is 6.05. The Kier molecular flexibility index (Phi) is 9.19. The quantitative estimate of drug-likeness (QED) is 0.101. The van der Waals surface area contributed by atoms with Gasteiger partial charge in [-0.15, -0.1) is 0 Å². The van der Waals surface area contributed by atoms with E-state index in [0.717, 1.165) is 0 Å². The van der Waals surface area contributed by atoms with E-state index in [0.29, 0.717) is 6.42 Å². The van der Waals surface area contributed by atoms with Gasteiger partial charge in [-0.25, -0.2) is 0 Å². The predicted octanol–water partition coefficient (Wildman–Crippen LogP) is -3.88. The number of carboxylic acid groups (broad SMARTS) is 1. The average Bonchev–Trinajstić information content (AvgIpc) is 2.59. The summed E-state index contributed by atoms with van der Waals surface area (Å²) in [6.45, 7) is 0.333. The van der Waals surface area contributed by atoms with Crippen LogP contribution < -0.4 is 32.7 Å². The van der Waals surface area contributed by atoms with Gasteiger partial charge >= 0.3 is 5.97 Å². The number of aliphatic imine (C=N–C) groups is 1. The van der Waals surface area contributed by atoms with Crippen LogP contribution >= 0.6 is 0 Å². The van der Waals surface area contributed by atoms with Crippen molar-refractivity contribution >= 4 is 35.6 Å². The molecule has 1 saturated heterocycles.